The van der Waals surface area contributed by atoms with Gasteiger partial charge in [0.05, 0.1) is 6.10 Å². The second-order valence-corrected chi connectivity index (χ2v) is 5.62. The molecule has 0 unspecified atom stereocenters. The maximum atomic E-state index is 11.1. The topological polar surface area (TPSA) is 70.8 Å². The standard InChI is InChI=1S/C18H19NO5/c1-22-12-23-16-9-5-8-14-15(16)10-17(13-6-3-2-4-7-13)24-18(14)11-19(20)21/h2-9,17-18H,10-12H2,1H3/t17-,18-/m0/s1. The molecule has 1 aliphatic rings. The predicted molar refractivity (Wildman–Crippen MR) is 87.5 cm³/mol. The molecule has 0 N–H and O–H groups in total. The Hall–Kier alpha value is -2.44. The van der Waals surface area contributed by atoms with Gasteiger partial charge in [-0.25, -0.2) is 0 Å². The smallest absolute Gasteiger partial charge is 0.233 e. The zero-order chi connectivity index (χ0) is 16.9. The molecule has 0 fully saturated rings. The second kappa shape index (κ2) is 7.42. The minimum absolute atomic E-state index is 0.132. The monoisotopic (exact) mass is 329 g/mol. The number of hydrogen-bond donors (Lipinski definition) is 0. The van der Waals surface area contributed by atoms with E-state index in [4.69, 9.17) is 14.2 Å². The van der Waals surface area contributed by atoms with Gasteiger partial charge in [-0.15, -0.1) is 0 Å². The first-order valence-corrected chi connectivity index (χ1v) is 7.74. The van der Waals surface area contributed by atoms with Gasteiger partial charge in [-0.2, -0.15) is 0 Å². The van der Waals surface area contributed by atoms with Crippen LogP contribution in [-0.2, 0) is 15.9 Å². The Balaban J connectivity index is 1.97. The van der Waals surface area contributed by atoms with Crippen molar-refractivity contribution < 1.29 is 19.1 Å². The first-order valence-electron chi connectivity index (χ1n) is 7.74. The maximum Gasteiger partial charge on any atom is 0.233 e. The number of benzene rings is 2. The second-order valence-electron chi connectivity index (χ2n) is 5.62. The van der Waals surface area contributed by atoms with Crippen molar-refractivity contribution in [3.63, 3.8) is 0 Å². The molecular formula is C18H19NO5. The highest BCUT2D eigenvalue weighted by atomic mass is 16.7. The van der Waals surface area contributed by atoms with Crippen LogP contribution in [0.4, 0.5) is 0 Å². The molecule has 0 amide bonds. The molecule has 0 saturated carbocycles. The number of ether oxygens (including phenoxy) is 3. The number of methoxy groups -OCH3 is 1. The molecule has 126 valence electrons. The zero-order valence-corrected chi connectivity index (χ0v) is 13.4. The van der Waals surface area contributed by atoms with Gasteiger partial charge in [0.15, 0.2) is 6.79 Å². The van der Waals surface area contributed by atoms with Crippen LogP contribution in [0.2, 0.25) is 0 Å². The summed E-state index contributed by atoms with van der Waals surface area (Å²) in [6.07, 6.45) is -0.232. The van der Waals surface area contributed by atoms with E-state index in [9.17, 15) is 10.1 Å². The summed E-state index contributed by atoms with van der Waals surface area (Å²) < 4.78 is 16.7. The Bertz CT molecular complexity index is 704. The third-order valence-corrected chi connectivity index (χ3v) is 4.05. The van der Waals surface area contributed by atoms with E-state index in [2.05, 4.69) is 0 Å². The van der Waals surface area contributed by atoms with Crippen molar-refractivity contribution >= 4 is 0 Å². The Kier molecular flexibility index (Phi) is 5.08. The molecule has 0 aliphatic carbocycles. The quantitative estimate of drug-likeness (QED) is 0.462. The Morgan fingerprint density at radius 2 is 2.00 bits per heavy atom. The van der Waals surface area contributed by atoms with Crippen LogP contribution in [0.5, 0.6) is 5.75 Å². The van der Waals surface area contributed by atoms with Gasteiger partial charge >= 0.3 is 0 Å². The molecule has 6 nitrogen and oxygen atoms in total. The first kappa shape index (κ1) is 16.4. The van der Waals surface area contributed by atoms with Gasteiger partial charge in [-0.1, -0.05) is 42.5 Å². The van der Waals surface area contributed by atoms with E-state index in [-0.39, 0.29) is 24.4 Å². The van der Waals surface area contributed by atoms with Crippen molar-refractivity contribution in [1.29, 1.82) is 0 Å². The van der Waals surface area contributed by atoms with Crippen LogP contribution in [0, 0.1) is 10.1 Å². The maximum absolute atomic E-state index is 11.1. The fourth-order valence-corrected chi connectivity index (χ4v) is 3.01. The fourth-order valence-electron chi connectivity index (χ4n) is 3.01. The molecule has 0 radical (unpaired) electrons. The summed E-state index contributed by atoms with van der Waals surface area (Å²) in [5.74, 6) is 0.687. The van der Waals surface area contributed by atoms with E-state index in [0.717, 1.165) is 16.7 Å². The highest BCUT2D eigenvalue weighted by Crippen LogP contribution is 2.41. The van der Waals surface area contributed by atoms with Gasteiger partial charge in [0.1, 0.15) is 11.9 Å². The van der Waals surface area contributed by atoms with E-state index < -0.39 is 6.10 Å². The van der Waals surface area contributed by atoms with Crippen molar-refractivity contribution in [2.75, 3.05) is 20.4 Å². The molecule has 24 heavy (non-hydrogen) atoms. The first-order chi connectivity index (χ1) is 11.7. The molecule has 1 heterocycles. The lowest BCUT2D eigenvalue weighted by atomic mass is 9.90. The highest BCUT2D eigenvalue weighted by Gasteiger charge is 2.33. The van der Waals surface area contributed by atoms with E-state index in [1.54, 1.807) is 7.11 Å². The average molecular weight is 329 g/mol. The minimum atomic E-state index is -0.597. The van der Waals surface area contributed by atoms with E-state index in [0.29, 0.717) is 12.2 Å². The van der Waals surface area contributed by atoms with Gasteiger partial charge in [-0.05, 0) is 17.2 Å². The lowest BCUT2D eigenvalue weighted by Gasteiger charge is -2.31. The summed E-state index contributed by atoms with van der Waals surface area (Å²) in [6.45, 7) is -0.142. The molecule has 6 heteroatoms. The van der Waals surface area contributed by atoms with E-state index >= 15 is 0 Å². The van der Waals surface area contributed by atoms with Crippen LogP contribution < -0.4 is 4.74 Å². The largest absolute Gasteiger partial charge is 0.467 e. The third kappa shape index (κ3) is 3.55. The number of hydrogen-bond acceptors (Lipinski definition) is 5. The molecule has 2 aromatic rings. The zero-order valence-electron chi connectivity index (χ0n) is 13.4. The molecule has 0 bridgehead atoms. The van der Waals surface area contributed by atoms with Crippen LogP contribution in [0.15, 0.2) is 48.5 Å². The molecule has 0 aromatic heterocycles. The summed E-state index contributed by atoms with van der Waals surface area (Å²) in [5, 5.41) is 11.1. The van der Waals surface area contributed by atoms with Gasteiger partial charge < -0.3 is 14.2 Å². The summed E-state index contributed by atoms with van der Waals surface area (Å²) in [5.41, 5.74) is 2.76. The molecule has 2 aromatic carbocycles. The van der Waals surface area contributed by atoms with Gasteiger partial charge in [0.2, 0.25) is 6.54 Å². The third-order valence-electron chi connectivity index (χ3n) is 4.05. The summed E-state index contributed by atoms with van der Waals surface area (Å²) in [7, 11) is 1.56. The fraction of sp³-hybridized carbons (Fsp3) is 0.333. The lowest BCUT2D eigenvalue weighted by molar-refractivity contribution is -0.494. The van der Waals surface area contributed by atoms with Crippen molar-refractivity contribution in [3.8, 4) is 5.75 Å². The molecule has 3 rings (SSSR count). The summed E-state index contributed by atoms with van der Waals surface area (Å²) >= 11 is 0. The minimum Gasteiger partial charge on any atom is -0.467 e. The van der Waals surface area contributed by atoms with Crippen LogP contribution in [0.25, 0.3) is 0 Å². The van der Waals surface area contributed by atoms with Crippen LogP contribution in [0.1, 0.15) is 28.9 Å². The van der Waals surface area contributed by atoms with Crippen molar-refractivity contribution in [3.05, 3.63) is 75.3 Å². The molecule has 2 atom stereocenters. The van der Waals surface area contributed by atoms with Crippen molar-refractivity contribution in [2.45, 2.75) is 18.6 Å². The molecule has 1 aliphatic heterocycles. The number of nitro groups is 1. The van der Waals surface area contributed by atoms with Crippen LogP contribution in [-0.4, -0.2) is 25.4 Å². The van der Waals surface area contributed by atoms with Crippen molar-refractivity contribution in [1.82, 2.24) is 0 Å². The van der Waals surface area contributed by atoms with Crippen LogP contribution >= 0.6 is 0 Å². The highest BCUT2D eigenvalue weighted by molar-refractivity contribution is 5.44. The van der Waals surface area contributed by atoms with E-state index in [1.165, 1.54) is 0 Å². The predicted octanol–water partition coefficient (Wildman–Crippen LogP) is 3.30. The van der Waals surface area contributed by atoms with E-state index in [1.807, 2.05) is 48.5 Å². The van der Waals surface area contributed by atoms with Gasteiger partial charge in [0.25, 0.3) is 0 Å². The molecule has 0 spiro atoms. The SMILES string of the molecule is COCOc1cccc2c1C[C@@H](c1ccccc1)O[C@H]2C[N+](=O)[O-]. The lowest BCUT2D eigenvalue weighted by Crippen LogP contribution is -2.26. The van der Waals surface area contributed by atoms with Gasteiger partial charge in [-0.3, -0.25) is 10.1 Å². The number of nitrogens with zero attached hydrogens (tertiary/aromatic N) is 1. The van der Waals surface area contributed by atoms with Gasteiger partial charge in [0, 0.05) is 24.0 Å². The van der Waals surface area contributed by atoms with Crippen LogP contribution in [0.3, 0.4) is 0 Å². The Morgan fingerprint density at radius 1 is 1.21 bits per heavy atom. The summed E-state index contributed by atoms with van der Waals surface area (Å²) in [4.78, 5) is 10.7. The Labute approximate surface area is 140 Å². The molecular weight excluding hydrogens is 310 g/mol. The normalized spacial score (nSPS) is 19.5. The molecule has 0 saturated heterocycles. The number of fused-ring (bicyclic) bond motifs is 1. The van der Waals surface area contributed by atoms with Crippen molar-refractivity contribution in [2.24, 2.45) is 0 Å². The average Bonchev–Trinajstić information content (AvgIpc) is 2.60. The summed E-state index contributed by atoms with van der Waals surface area (Å²) in [6, 6.07) is 15.3. The number of rotatable bonds is 6. The Morgan fingerprint density at radius 3 is 2.71 bits per heavy atom.